The van der Waals surface area contributed by atoms with E-state index in [4.69, 9.17) is 9.47 Å². The molecular formula is C15H17NO3. The quantitative estimate of drug-likeness (QED) is 0.915. The van der Waals surface area contributed by atoms with Gasteiger partial charge in [-0.15, -0.1) is 0 Å². The highest BCUT2D eigenvalue weighted by Crippen LogP contribution is 2.34. The highest BCUT2D eigenvalue weighted by molar-refractivity contribution is 5.45. The number of benzene rings is 1. The Kier molecular flexibility index (Phi) is 4.02. The third-order valence-electron chi connectivity index (χ3n) is 2.78. The van der Waals surface area contributed by atoms with Crippen LogP contribution in [0.4, 0.5) is 0 Å². The zero-order chi connectivity index (χ0) is 13.8. The van der Waals surface area contributed by atoms with E-state index in [1.54, 1.807) is 32.4 Å². The van der Waals surface area contributed by atoms with Crippen LogP contribution in [0.2, 0.25) is 0 Å². The molecule has 4 nitrogen and oxygen atoms in total. The average Bonchev–Trinajstić information content (AvgIpc) is 2.41. The molecule has 2 aromatic rings. The summed E-state index contributed by atoms with van der Waals surface area (Å²) in [5.41, 5.74) is 1.73. The zero-order valence-electron chi connectivity index (χ0n) is 11.3. The van der Waals surface area contributed by atoms with Crippen LogP contribution in [0.25, 0.3) is 0 Å². The van der Waals surface area contributed by atoms with Crippen molar-refractivity contribution in [2.75, 3.05) is 7.11 Å². The van der Waals surface area contributed by atoms with Crippen molar-refractivity contribution >= 4 is 0 Å². The molecule has 19 heavy (non-hydrogen) atoms. The maximum atomic E-state index is 9.70. The van der Waals surface area contributed by atoms with Crippen molar-refractivity contribution in [3.8, 4) is 17.4 Å². The Balaban J connectivity index is 2.36. The van der Waals surface area contributed by atoms with E-state index in [1.165, 1.54) is 0 Å². The van der Waals surface area contributed by atoms with E-state index in [0.717, 1.165) is 5.56 Å². The molecule has 1 heterocycles. The lowest BCUT2D eigenvalue weighted by atomic mass is 10.2. The van der Waals surface area contributed by atoms with Gasteiger partial charge in [-0.25, -0.2) is 4.98 Å². The SMILES string of the molecule is COc1cc(C)ccc1Oc1ncccc1[C@H](C)O. The molecule has 0 saturated carbocycles. The second-order valence-electron chi connectivity index (χ2n) is 4.33. The summed E-state index contributed by atoms with van der Waals surface area (Å²) in [6.07, 6.45) is 0.988. The lowest BCUT2D eigenvalue weighted by Crippen LogP contribution is -1.99. The number of pyridine rings is 1. The molecule has 0 aliphatic heterocycles. The largest absolute Gasteiger partial charge is 0.493 e. The van der Waals surface area contributed by atoms with Gasteiger partial charge >= 0.3 is 0 Å². The predicted octanol–water partition coefficient (Wildman–Crippen LogP) is 3.24. The van der Waals surface area contributed by atoms with Crippen LogP contribution < -0.4 is 9.47 Å². The number of ether oxygens (including phenoxy) is 2. The number of aliphatic hydroxyl groups is 1. The van der Waals surface area contributed by atoms with E-state index in [9.17, 15) is 5.11 Å². The highest BCUT2D eigenvalue weighted by atomic mass is 16.5. The molecular weight excluding hydrogens is 242 g/mol. The van der Waals surface area contributed by atoms with Crippen LogP contribution in [-0.4, -0.2) is 17.2 Å². The van der Waals surface area contributed by atoms with Crippen LogP contribution in [0.15, 0.2) is 36.5 Å². The lowest BCUT2D eigenvalue weighted by Gasteiger charge is -2.14. The number of hydrogen-bond acceptors (Lipinski definition) is 4. The summed E-state index contributed by atoms with van der Waals surface area (Å²) in [5.74, 6) is 1.61. The molecule has 100 valence electrons. The molecule has 1 aromatic carbocycles. The third-order valence-corrected chi connectivity index (χ3v) is 2.78. The summed E-state index contributed by atoms with van der Waals surface area (Å²) in [6, 6.07) is 9.20. The first-order chi connectivity index (χ1) is 9.11. The minimum absolute atomic E-state index is 0.389. The molecule has 1 atom stereocenters. The van der Waals surface area contributed by atoms with E-state index < -0.39 is 6.10 Å². The Hall–Kier alpha value is -2.07. The smallest absolute Gasteiger partial charge is 0.225 e. The van der Waals surface area contributed by atoms with E-state index in [0.29, 0.717) is 22.9 Å². The zero-order valence-corrected chi connectivity index (χ0v) is 11.3. The van der Waals surface area contributed by atoms with Gasteiger partial charge in [-0.3, -0.25) is 0 Å². The van der Waals surface area contributed by atoms with Gasteiger partial charge in [-0.2, -0.15) is 0 Å². The Labute approximate surface area is 112 Å². The fourth-order valence-corrected chi connectivity index (χ4v) is 1.77. The predicted molar refractivity (Wildman–Crippen MR) is 72.7 cm³/mol. The third kappa shape index (κ3) is 3.03. The van der Waals surface area contributed by atoms with Gasteiger partial charge < -0.3 is 14.6 Å². The number of rotatable bonds is 4. The van der Waals surface area contributed by atoms with Crippen LogP contribution in [0.1, 0.15) is 24.2 Å². The van der Waals surface area contributed by atoms with Gasteiger partial charge in [0, 0.05) is 11.8 Å². The Bertz CT molecular complexity index is 567. The van der Waals surface area contributed by atoms with E-state index >= 15 is 0 Å². The number of nitrogens with zero attached hydrogens (tertiary/aromatic N) is 1. The van der Waals surface area contributed by atoms with Gasteiger partial charge in [0.2, 0.25) is 5.88 Å². The van der Waals surface area contributed by atoms with Crippen LogP contribution in [0.3, 0.4) is 0 Å². The summed E-state index contributed by atoms with van der Waals surface area (Å²) in [7, 11) is 1.59. The minimum Gasteiger partial charge on any atom is -0.493 e. The Morgan fingerprint density at radius 3 is 2.68 bits per heavy atom. The molecule has 0 saturated heterocycles. The maximum absolute atomic E-state index is 9.70. The molecule has 0 spiro atoms. The van der Waals surface area contributed by atoms with Crippen molar-refractivity contribution in [3.63, 3.8) is 0 Å². The Morgan fingerprint density at radius 1 is 1.21 bits per heavy atom. The summed E-state index contributed by atoms with van der Waals surface area (Å²) in [5, 5.41) is 9.70. The summed E-state index contributed by atoms with van der Waals surface area (Å²) in [4.78, 5) is 4.16. The first kappa shape index (κ1) is 13.4. The number of aromatic nitrogens is 1. The van der Waals surface area contributed by atoms with Crippen LogP contribution in [-0.2, 0) is 0 Å². The van der Waals surface area contributed by atoms with Gasteiger partial charge in [0.1, 0.15) is 0 Å². The van der Waals surface area contributed by atoms with Crippen molar-refractivity contribution in [2.24, 2.45) is 0 Å². The van der Waals surface area contributed by atoms with Gasteiger partial charge in [-0.05, 0) is 43.7 Å². The van der Waals surface area contributed by atoms with Crippen LogP contribution in [0, 0.1) is 6.92 Å². The van der Waals surface area contributed by atoms with Gasteiger partial charge in [-0.1, -0.05) is 6.07 Å². The summed E-state index contributed by atoms with van der Waals surface area (Å²) < 4.78 is 11.0. The van der Waals surface area contributed by atoms with Gasteiger partial charge in [0.25, 0.3) is 0 Å². The topological polar surface area (TPSA) is 51.6 Å². The monoisotopic (exact) mass is 259 g/mol. The second kappa shape index (κ2) is 5.71. The number of aliphatic hydroxyl groups excluding tert-OH is 1. The van der Waals surface area contributed by atoms with Gasteiger partial charge in [0.05, 0.1) is 13.2 Å². The summed E-state index contributed by atoms with van der Waals surface area (Å²) >= 11 is 0. The first-order valence-electron chi connectivity index (χ1n) is 6.07. The summed E-state index contributed by atoms with van der Waals surface area (Å²) in [6.45, 7) is 3.66. The van der Waals surface area contributed by atoms with E-state index in [2.05, 4.69) is 4.98 Å². The minimum atomic E-state index is -0.639. The van der Waals surface area contributed by atoms with Gasteiger partial charge in [0.15, 0.2) is 11.5 Å². The average molecular weight is 259 g/mol. The highest BCUT2D eigenvalue weighted by Gasteiger charge is 2.13. The molecule has 0 unspecified atom stereocenters. The van der Waals surface area contributed by atoms with Crippen molar-refractivity contribution in [2.45, 2.75) is 20.0 Å². The fraction of sp³-hybridized carbons (Fsp3) is 0.267. The molecule has 0 radical (unpaired) electrons. The van der Waals surface area contributed by atoms with Crippen molar-refractivity contribution in [3.05, 3.63) is 47.7 Å². The number of aryl methyl sites for hydroxylation is 1. The van der Waals surface area contributed by atoms with Crippen molar-refractivity contribution in [1.82, 2.24) is 4.98 Å². The Morgan fingerprint density at radius 2 is 2.00 bits per heavy atom. The fourth-order valence-electron chi connectivity index (χ4n) is 1.77. The van der Waals surface area contributed by atoms with Crippen LogP contribution in [0.5, 0.6) is 17.4 Å². The van der Waals surface area contributed by atoms with Crippen LogP contribution >= 0.6 is 0 Å². The maximum Gasteiger partial charge on any atom is 0.225 e. The van der Waals surface area contributed by atoms with E-state index in [-0.39, 0.29) is 0 Å². The molecule has 0 bridgehead atoms. The van der Waals surface area contributed by atoms with E-state index in [1.807, 2.05) is 25.1 Å². The number of methoxy groups -OCH3 is 1. The first-order valence-corrected chi connectivity index (χ1v) is 6.07. The van der Waals surface area contributed by atoms with Crippen molar-refractivity contribution in [1.29, 1.82) is 0 Å². The molecule has 4 heteroatoms. The molecule has 1 aromatic heterocycles. The number of hydrogen-bond donors (Lipinski definition) is 1. The molecule has 2 rings (SSSR count). The normalized spacial score (nSPS) is 12.0. The molecule has 1 N–H and O–H groups in total. The standard InChI is InChI=1S/C15H17NO3/c1-10-6-7-13(14(9-10)18-3)19-15-12(11(2)17)5-4-8-16-15/h4-9,11,17H,1-3H3/t11-/m0/s1. The lowest BCUT2D eigenvalue weighted by molar-refractivity contribution is 0.194. The van der Waals surface area contributed by atoms with Crippen molar-refractivity contribution < 1.29 is 14.6 Å². The molecule has 0 amide bonds. The molecule has 0 fully saturated rings. The second-order valence-corrected chi connectivity index (χ2v) is 4.33. The molecule has 0 aliphatic carbocycles. The molecule has 0 aliphatic rings.